The van der Waals surface area contributed by atoms with E-state index in [1.54, 1.807) is 0 Å². The molecule has 2 aromatic rings. The fourth-order valence-electron chi connectivity index (χ4n) is 1.04. The van der Waals surface area contributed by atoms with Crippen LogP contribution in [0.3, 0.4) is 0 Å². The zero-order valence-corrected chi connectivity index (χ0v) is 7.84. The lowest BCUT2D eigenvalue weighted by Crippen LogP contribution is -1.98. The summed E-state index contributed by atoms with van der Waals surface area (Å²) >= 11 is 3.23. The first-order valence-corrected chi connectivity index (χ1v) is 4.34. The number of furan rings is 1. The summed E-state index contributed by atoms with van der Waals surface area (Å²) in [4.78, 5) is 4.19. The third kappa shape index (κ3) is 1.23. The van der Waals surface area contributed by atoms with Gasteiger partial charge in [-0.05, 0) is 28.1 Å². The van der Waals surface area contributed by atoms with Gasteiger partial charge in [0.15, 0.2) is 4.67 Å². The van der Waals surface area contributed by atoms with E-state index in [2.05, 4.69) is 20.9 Å². The van der Waals surface area contributed by atoms with E-state index in [4.69, 9.17) is 10.2 Å². The van der Waals surface area contributed by atoms with Crippen LogP contribution in [0.1, 0.15) is 5.69 Å². The van der Waals surface area contributed by atoms with Crippen molar-refractivity contribution in [2.24, 2.45) is 5.73 Å². The van der Waals surface area contributed by atoms with Crippen LogP contribution < -0.4 is 5.73 Å². The first-order chi connectivity index (χ1) is 5.79. The largest absolute Gasteiger partial charge is 0.431 e. The van der Waals surface area contributed by atoms with Crippen LogP contribution in [0.5, 0.6) is 0 Å². The van der Waals surface area contributed by atoms with E-state index in [0.29, 0.717) is 16.9 Å². The monoisotopic (exact) mass is 226 g/mol. The third-order valence-corrected chi connectivity index (χ3v) is 2.01. The maximum atomic E-state index is 5.43. The number of pyridine rings is 1. The van der Waals surface area contributed by atoms with E-state index in [1.165, 1.54) is 0 Å². The Hall–Kier alpha value is -0.870. The van der Waals surface area contributed by atoms with Gasteiger partial charge in [0.25, 0.3) is 0 Å². The number of fused-ring (bicyclic) bond motifs is 1. The average molecular weight is 227 g/mol. The molecule has 0 atom stereocenters. The van der Waals surface area contributed by atoms with E-state index < -0.39 is 0 Å². The quantitative estimate of drug-likeness (QED) is 0.810. The minimum atomic E-state index is 0.439. The molecule has 2 heterocycles. The van der Waals surface area contributed by atoms with Crippen LogP contribution in [0.4, 0.5) is 0 Å². The van der Waals surface area contributed by atoms with Crippen LogP contribution in [-0.4, -0.2) is 4.98 Å². The van der Waals surface area contributed by atoms with E-state index in [0.717, 1.165) is 11.1 Å². The molecule has 2 rings (SSSR count). The molecule has 0 aliphatic rings. The molecule has 62 valence electrons. The lowest BCUT2D eigenvalue weighted by atomic mass is 10.3. The number of aromatic nitrogens is 1. The number of hydrogen-bond donors (Lipinski definition) is 1. The highest BCUT2D eigenvalue weighted by atomic mass is 79.9. The first-order valence-electron chi connectivity index (χ1n) is 3.54. The van der Waals surface area contributed by atoms with Crippen molar-refractivity contribution in [2.45, 2.75) is 6.54 Å². The predicted octanol–water partition coefficient (Wildman–Crippen LogP) is 2.05. The van der Waals surface area contributed by atoms with Crippen LogP contribution >= 0.6 is 15.9 Å². The molecule has 0 aliphatic heterocycles. The van der Waals surface area contributed by atoms with Gasteiger partial charge in [-0.1, -0.05) is 0 Å². The Labute approximate surface area is 77.7 Å². The maximum absolute atomic E-state index is 5.43. The number of hydrogen-bond acceptors (Lipinski definition) is 3. The highest BCUT2D eigenvalue weighted by molar-refractivity contribution is 9.10. The normalized spacial score (nSPS) is 10.8. The second kappa shape index (κ2) is 2.88. The van der Waals surface area contributed by atoms with Gasteiger partial charge in [0.05, 0.1) is 5.69 Å². The fourth-order valence-corrected chi connectivity index (χ4v) is 1.44. The van der Waals surface area contributed by atoms with Crippen molar-refractivity contribution in [3.8, 4) is 0 Å². The van der Waals surface area contributed by atoms with E-state index >= 15 is 0 Å². The summed E-state index contributed by atoms with van der Waals surface area (Å²) in [7, 11) is 0. The topological polar surface area (TPSA) is 52.0 Å². The lowest BCUT2D eigenvalue weighted by Gasteiger charge is -1.92. The number of nitrogens with zero attached hydrogens (tertiary/aromatic N) is 1. The zero-order valence-electron chi connectivity index (χ0n) is 6.25. The zero-order chi connectivity index (χ0) is 8.55. The Morgan fingerprint density at radius 2 is 2.33 bits per heavy atom. The van der Waals surface area contributed by atoms with Crippen molar-refractivity contribution < 1.29 is 4.42 Å². The molecule has 0 radical (unpaired) electrons. The van der Waals surface area contributed by atoms with Gasteiger partial charge in [-0.3, -0.25) is 0 Å². The van der Waals surface area contributed by atoms with Crippen LogP contribution in [0.25, 0.3) is 11.1 Å². The molecule has 2 aromatic heterocycles. The predicted molar refractivity (Wildman–Crippen MR) is 49.6 cm³/mol. The summed E-state index contributed by atoms with van der Waals surface area (Å²) in [6, 6.07) is 5.71. The molecule has 0 amide bonds. The number of nitrogens with two attached hydrogens (primary N) is 1. The molecular formula is C8H7BrN2O. The third-order valence-electron chi connectivity index (χ3n) is 1.62. The minimum absolute atomic E-state index is 0.439. The van der Waals surface area contributed by atoms with Crippen molar-refractivity contribution in [3.05, 3.63) is 28.6 Å². The standard InChI is InChI=1S/C8H7BrN2O/c9-7-3-5-1-2-6(4-10)11-8(5)12-7/h1-3H,4,10H2. The van der Waals surface area contributed by atoms with Crippen LogP contribution in [0.2, 0.25) is 0 Å². The van der Waals surface area contributed by atoms with Gasteiger partial charge in [-0.25, -0.2) is 4.98 Å². The molecular weight excluding hydrogens is 220 g/mol. The van der Waals surface area contributed by atoms with Crippen LogP contribution in [0, 0.1) is 0 Å². The Morgan fingerprint density at radius 1 is 1.50 bits per heavy atom. The number of rotatable bonds is 1. The molecule has 0 aliphatic carbocycles. The highest BCUT2D eigenvalue weighted by Crippen LogP contribution is 2.21. The maximum Gasteiger partial charge on any atom is 0.227 e. The lowest BCUT2D eigenvalue weighted by molar-refractivity contribution is 0.574. The Morgan fingerprint density at radius 3 is 3.08 bits per heavy atom. The summed E-state index contributed by atoms with van der Waals surface area (Å²) < 4.78 is 5.95. The van der Waals surface area contributed by atoms with Crippen LogP contribution in [0.15, 0.2) is 27.3 Å². The molecule has 0 aromatic carbocycles. The molecule has 0 saturated heterocycles. The van der Waals surface area contributed by atoms with Gasteiger partial charge in [0.2, 0.25) is 5.71 Å². The Balaban J connectivity index is 2.66. The summed E-state index contributed by atoms with van der Waals surface area (Å²) in [5, 5.41) is 0.985. The van der Waals surface area contributed by atoms with Gasteiger partial charge in [0.1, 0.15) is 0 Å². The summed E-state index contributed by atoms with van der Waals surface area (Å²) in [5.41, 5.74) is 6.90. The molecule has 0 spiro atoms. The molecule has 2 N–H and O–H groups in total. The highest BCUT2D eigenvalue weighted by Gasteiger charge is 2.02. The second-order valence-corrected chi connectivity index (χ2v) is 3.23. The SMILES string of the molecule is NCc1ccc2cc(Br)oc2n1. The molecule has 12 heavy (non-hydrogen) atoms. The minimum Gasteiger partial charge on any atom is -0.431 e. The molecule has 3 nitrogen and oxygen atoms in total. The first kappa shape index (κ1) is 7.76. The van der Waals surface area contributed by atoms with E-state index in [-0.39, 0.29) is 0 Å². The van der Waals surface area contributed by atoms with Gasteiger partial charge in [-0.15, -0.1) is 0 Å². The fraction of sp³-hybridized carbons (Fsp3) is 0.125. The van der Waals surface area contributed by atoms with Crippen LogP contribution in [-0.2, 0) is 6.54 Å². The number of halogens is 1. The second-order valence-electron chi connectivity index (χ2n) is 2.45. The average Bonchev–Trinajstić information content (AvgIpc) is 2.43. The Bertz CT molecular complexity index is 410. The van der Waals surface area contributed by atoms with Crippen molar-refractivity contribution in [3.63, 3.8) is 0 Å². The van der Waals surface area contributed by atoms with E-state index in [1.807, 2.05) is 18.2 Å². The molecule has 0 saturated carbocycles. The summed E-state index contributed by atoms with van der Waals surface area (Å²) in [6.07, 6.45) is 0. The summed E-state index contributed by atoms with van der Waals surface area (Å²) in [5.74, 6) is 0. The molecule has 0 unspecified atom stereocenters. The van der Waals surface area contributed by atoms with Crippen molar-refractivity contribution >= 4 is 27.0 Å². The van der Waals surface area contributed by atoms with Crippen molar-refractivity contribution in [1.29, 1.82) is 0 Å². The van der Waals surface area contributed by atoms with E-state index in [9.17, 15) is 0 Å². The smallest absolute Gasteiger partial charge is 0.227 e. The molecule has 4 heteroatoms. The molecule has 0 bridgehead atoms. The summed E-state index contributed by atoms with van der Waals surface area (Å²) in [6.45, 7) is 0.439. The van der Waals surface area contributed by atoms with Gasteiger partial charge in [0, 0.05) is 18.0 Å². The van der Waals surface area contributed by atoms with Crippen molar-refractivity contribution in [2.75, 3.05) is 0 Å². The van der Waals surface area contributed by atoms with Gasteiger partial charge in [-0.2, -0.15) is 0 Å². The van der Waals surface area contributed by atoms with Gasteiger partial charge >= 0.3 is 0 Å². The Kier molecular flexibility index (Phi) is 1.86. The van der Waals surface area contributed by atoms with Gasteiger partial charge < -0.3 is 10.2 Å². The van der Waals surface area contributed by atoms with Crippen molar-refractivity contribution in [1.82, 2.24) is 4.98 Å². The molecule has 0 fully saturated rings.